The van der Waals surface area contributed by atoms with Crippen LogP contribution in [0.2, 0.25) is 0 Å². The zero-order chi connectivity index (χ0) is 7.28. The number of hydrogen-bond acceptors (Lipinski definition) is 2. The van der Waals surface area contributed by atoms with Gasteiger partial charge in [0.25, 0.3) is 0 Å². The monoisotopic (exact) mass is 127 g/mol. The Morgan fingerprint density at radius 2 is 2.44 bits per heavy atom. The predicted octanol–water partition coefficient (Wildman–Crippen LogP) is 0.739. The Morgan fingerprint density at radius 3 is 2.56 bits per heavy atom. The molecule has 9 heavy (non-hydrogen) atoms. The molecule has 0 radical (unpaired) electrons. The van der Waals surface area contributed by atoms with Crippen molar-refractivity contribution < 1.29 is 4.79 Å². The summed E-state index contributed by atoms with van der Waals surface area (Å²) in [5.74, 6) is 0.164. The first-order valence-corrected chi connectivity index (χ1v) is 3.01. The molecular formula is C7H13NO. The first-order chi connectivity index (χ1) is 4.22. The van der Waals surface area contributed by atoms with Gasteiger partial charge in [-0.05, 0) is 20.4 Å². The smallest absolute Gasteiger partial charge is 0.146 e. The van der Waals surface area contributed by atoms with Gasteiger partial charge in [0, 0.05) is 0 Å². The molecule has 0 aliphatic rings. The van der Waals surface area contributed by atoms with Gasteiger partial charge in [-0.15, -0.1) is 6.58 Å². The minimum absolute atomic E-state index is 0.0394. The highest BCUT2D eigenvalue weighted by atomic mass is 16.1. The molecule has 1 atom stereocenters. The van der Waals surface area contributed by atoms with Crippen molar-refractivity contribution in [2.24, 2.45) is 0 Å². The molecule has 0 aromatic carbocycles. The lowest BCUT2D eigenvalue weighted by Gasteiger charge is -2.07. The van der Waals surface area contributed by atoms with Crippen LogP contribution in [0.15, 0.2) is 12.7 Å². The number of carbonyl (C=O) groups is 1. The van der Waals surface area contributed by atoms with Gasteiger partial charge in [-0.1, -0.05) is 6.08 Å². The Kier molecular flexibility index (Phi) is 3.97. The largest absolute Gasteiger partial charge is 0.310 e. The van der Waals surface area contributed by atoms with Crippen molar-refractivity contribution in [3.63, 3.8) is 0 Å². The van der Waals surface area contributed by atoms with Gasteiger partial charge in [0.2, 0.25) is 0 Å². The quantitative estimate of drug-likeness (QED) is 0.564. The Bertz CT molecular complexity index is 109. The van der Waals surface area contributed by atoms with Crippen molar-refractivity contribution in [2.45, 2.75) is 19.4 Å². The molecule has 2 nitrogen and oxygen atoms in total. The van der Waals surface area contributed by atoms with Crippen LogP contribution in [0.25, 0.3) is 0 Å². The van der Waals surface area contributed by atoms with Gasteiger partial charge in [-0.2, -0.15) is 0 Å². The molecule has 0 unspecified atom stereocenters. The fraction of sp³-hybridized carbons (Fsp3) is 0.571. The zero-order valence-corrected chi connectivity index (χ0v) is 5.98. The van der Waals surface area contributed by atoms with Crippen molar-refractivity contribution in [2.75, 3.05) is 7.05 Å². The summed E-state index contributed by atoms with van der Waals surface area (Å²) in [6.07, 6.45) is 2.45. The molecule has 0 amide bonds. The molecule has 0 aromatic rings. The fourth-order valence-electron chi connectivity index (χ4n) is 0.654. The number of likely N-dealkylation sites (N-methyl/N-ethyl adjacent to an activating group) is 1. The molecule has 0 aromatic heterocycles. The summed E-state index contributed by atoms with van der Waals surface area (Å²) in [7, 11) is 1.77. The van der Waals surface area contributed by atoms with Crippen LogP contribution in [0, 0.1) is 0 Å². The molecule has 0 bridgehead atoms. The molecule has 0 aliphatic carbocycles. The van der Waals surface area contributed by atoms with Gasteiger partial charge < -0.3 is 5.32 Å². The van der Waals surface area contributed by atoms with Crippen molar-refractivity contribution in [3.8, 4) is 0 Å². The summed E-state index contributed by atoms with van der Waals surface area (Å²) < 4.78 is 0. The molecule has 0 aliphatic heterocycles. The maximum absolute atomic E-state index is 10.7. The van der Waals surface area contributed by atoms with Crippen LogP contribution < -0.4 is 5.32 Å². The predicted molar refractivity (Wildman–Crippen MR) is 38.3 cm³/mol. The Balaban J connectivity index is 3.67. The van der Waals surface area contributed by atoms with Crippen molar-refractivity contribution in [3.05, 3.63) is 12.7 Å². The van der Waals surface area contributed by atoms with E-state index in [0.717, 1.165) is 0 Å². The Hall–Kier alpha value is -0.630. The van der Waals surface area contributed by atoms with Crippen molar-refractivity contribution in [1.29, 1.82) is 0 Å². The minimum Gasteiger partial charge on any atom is -0.310 e. The molecule has 52 valence electrons. The van der Waals surface area contributed by atoms with Crippen LogP contribution in [-0.4, -0.2) is 18.9 Å². The lowest BCUT2D eigenvalue weighted by Crippen LogP contribution is -2.31. The van der Waals surface area contributed by atoms with Crippen molar-refractivity contribution >= 4 is 5.78 Å². The first-order valence-electron chi connectivity index (χ1n) is 3.01. The van der Waals surface area contributed by atoms with E-state index in [9.17, 15) is 4.79 Å². The third kappa shape index (κ3) is 3.03. The second-order valence-electron chi connectivity index (χ2n) is 1.98. The highest BCUT2D eigenvalue weighted by Gasteiger charge is 2.07. The maximum atomic E-state index is 10.7. The highest BCUT2D eigenvalue weighted by Crippen LogP contribution is 1.91. The standard InChI is InChI=1S/C7H13NO/c1-4-5-7(8-3)6(2)9/h4,7-8H,1,5H2,2-3H3/t7-/m1/s1. The van der Waals surface area contributed by atoms with Gasteiger partial charge in [-0.3, -0.25) is 4.79 Å². The van der Waals surface area contributed by atoms with E-state index in [1.165, 1.54) is 0 Å². The summed E-state index contributed by atoms with van der Waals surface area (Å²) in [6, 6.07) is -0.0394. The van der Waals surface area contributed by atoms with Gasteiger partial charge in [0.05, 0.1) is 6.04 Å². The average molecular weight is 127 g/mol. The molecule has 0 fully saturated rings. The van der Waals surface area contributed by atoms with Gasteiger partial charge in [0.1, 0.15) is 5.78 Å². The van der Waals surface area contributed by atoms with Crippen LogP contribution in [0.3, 0.4) is 0 Å². The maximum Gasteiger partial charge on any atom is 0.146 e. The molecular weight excluding hydrogens is 114 g/mol. The van der Waals surface area contributed by atoms with Gasteiger partial charge in [0.15, 0.2) is 0 Å². The number of rotatable bonds is 4. The summed E-state index contributed by atoms with van der Waals surface area (Å²) in [5.41, 5.74) is 0. The summed E-state index contributed by atoms with van der Waals surface area (Å²) >= 11 is 0. The molecule has 0 spiro atoms. The molecule has 0 rings (SSSR count). The normalized spacial score (nSPS) is 12.7. The van der Waals surface area contributed by atoms with Crippen LogP contribution in [0.1, 0.15) is 13.3 Å². The number of hydrogen-bond donors (Lipinski definition) is 1. The van der Waals surface area contributed by atoms with Crippen LogP contribution in [0.4, 0.5) is 0 Å². The van der Waals surface area contributed by atoms with Crippen LogP contribution in [-0.2, 0) is 4.79 Å². The fourth-order valence-corrected chi connectivity index (χ4v) is 0.654. The zero-order valence-electron chi connectivity index (χ0n) is 5.98. The van der Waals surface area contributed by atoms with Gasteiger partial charge >= 0.3 is 0 Å². The summed E-state index contributed by atoms with van der Waals surface area (Å²) in [4.78, 5) is 10.7. The number of Topliss-reactive ketones (excluding diaryl/α,β-unsaturated/α-hetero) is 1. The van der Waals surface area contributed by atoms with E-state index in [4.69, 9.17) is 0 Å². The molecule has 0 saturated carbocycles. The topological polar surface area (TPSA) is 29.1 Å². The number of nitrogens with one attached hydrogen (secondary N) is 1. The number of carbonyl (C=O) groups excluding carboxylic acids is 1. The second kappa shape index (κ2) is 4.27. The van der Waals surface area contributed by atoms with E-state index in [1.54, 1.807) is 20.0 Å². The summed E-state index contributed by atoms with van der Waals surface area (Å²) in [6.45, 7) is 5.11. The number of ketones is 1. The molecule has 2 heteroatoms. The minimum atomic E-state index is -0.0394. The molecule has 0 heterocycles. The lowest BCUT2D eigenvalue weighted by atomic mass is 10.1. The average Bonchev–Trinajstić information content (AvgIpc) is 1.82. The van der Waals surface area contributed by atoms with E-state index in [2.05, 4.69) is 11.9 Å². The van der Waals surface area contributed by atoms with E-state index < -0.39 is 0 Å². The highest BCUT2D eigenvalue weighted by molar-refractivity contribution is 5.81. The second-order valence-corrected chi connectivity index (χ2v) is 1.98. The van der Waals surface area contributed by atoms with E-state index in [0.29, 0.717) is 6.42 Å². The Labute approximate surface area is 56.0 Å². The van der Waals surface area contributed by atoms with Gasteiger partial charge in [-0.25, -0.2) is 0 Å². The summed E-state index contributed by atoms with van der Waals surface area (Å²) in [5, 5.41) is 2.88. The Morgan fingerprint density at radius 1 is 1.89 bits per heavy atom. The molecule has 0 saturated heterocycles. The third-order valence-electron chi connectivity index (χ3n) is 1.24. The van der Waals surface area contributed by atoms with Crippen molar-refractivity contribution in [1.82, 2.24) is 5.32 Å². The van der Waals surface area contributed by atoms with E-state index in [1.807, 2.05) is 0 Å². The van der Waals surface area contributed by atoms with Crippen LogP contribution in [0.5, 0.6) is 0 Å². The third-order valence-corrected chi connectivity index (χ3v) is 1.24. The van der Waals surface area contributed by atoms with E-state index in [-0.39, 0.29) is 11.8 Å². The van der Waals surface area contributed by atoms with E-state index >= 15 is 0 Å². The molecule has 1 N–H and O–H groups in total. The lowest BCUT2D eigenvalue weighted by molar-refractivity contribution is -0.118. The SMILES string of the molecule is C=CC[C@@H](NC)C(C)=O. The van der Waals surface area contributed by atoms with Crippen LogP contribution >= 0.6 is 0 Å². The first kappa shape index (κ1) is 8.37.